The highest BCUT2D eigenvalue weighted by atomic mass is 32.2. The second-order valence-corrected chi connectivity index (χ2v) is 5.60. The zero-order valence-electron chi connectivity index (χ0n) is 9.58. The molecule has 1 aromatic carbocycles. The fourth-order valence-corrected chi connectivity index (χ4v) is 2.68. The predicted octanol–water partition coefficient (Wildman–Crippen LogP) is 1.58. The van der Waals surface area contributed by atoms with Crippen LogP contribution in [0.4, 0.5) is 18.9 Å². The van der Waals surface area contributed by atoms with E-state index in [-0.39, 0.29) is 13.0 Å². The van der Waals surface area contributed by atoms with Crippen molar-refractivity contribution in [3.05, 3.63) is 29.6 Å². The largest absolute Gasteiger partial charge is 0.329 e. The zero-order valence-corrected chi connectivity index (χ0v) is 10.4. The second-order valence-electron chi connectivity index (χ2n) is 3.64. The van der Waals surface area contributed by atoms with Crippen molar-refractivity contribution in [1.82, 2.24) is 0 Å². The molecule has 0 heterocycles. The van der Waals surface area contributed by atoms with E-state index < -0.39 is 38.4 Å². The summed E-state index contributed by atoms with van der Waals surface area (Å²) < 4.78 is 64.2. The maximum Gasteiger partial charge on any atom is 0.236 e. The van der Waals surface area contributed by atoms with Gasteiger partial charge in [0.1, 0.15) is 0 Å². The summed E-state index contributed by atoms with van der Waals surface area (Å²) in [7, 11) is -3.93. The van der Waals surface area contributed by atoms with E-state index in [1.807, 2.05) is 4.72 Å². The Morgan fingerprint density at radius 3 is 2.39 bits per heavy atom. The van der Waals surface area contributed by atoms with Gasteiger partial charge in [0.05, 0.1) is 10.9 Å². The molecule has 0 saturated heterocycles. The first-order chi connectivity index (χ1) is 8.33. The average molecular weight is 282 g/mol. The topological polar surface area (TPSA) is 72.2 Å². The molecule has 0 aliphatic rings. The number of anilines is 1. The molecule has 8 heteroatoms. The summed E-state index contributed by atoms with van der Waals surface area (Å²) in [6.07, 6.45) is 0.219. The van der Waals surface area contributed by atoms with Crippen LogP contribution in [0.5, 0.6) is 0 Å². The van der Waals surface area contributed by atoms with E-state index in [0.717, 1.165) is 6.07 Å². The van der Waals surface area contributed by atoms with Crippen LogP contribution in [0.1, 0.15) is 13.3 Å². The van der Waals surface area contributed by atoms with Crippen molar-refractivity contribution >= 4 is 15.7 Å². The van der Waals surface area contributed by atoms with Gasteiger partial charge < -0.3 is 5.73 Å². The Bertz CT molecular complexity index is 530. The SMILES string of the molecule is CCC(CN)S(=O)(=O)Nc1ccc(F)c(F)c1F. The van der Waals surface area contributed by atoms with Crippen molar-refractivity contribution < 1.29 is 21.6 Å². The van der Waals surface area contributed by atoms with Crippen molar-refractivity contribution in [2.45, 2.75) is 18.6 Å². The van der Waals surface area contributed by atoms with Crippen molar-refractivity contribution in [2.75, 3.05) is 11.3 Å². The Balaban J connectivity index is 3.09. The Morgan fingerprint density at radius 2 is 1.89 bits per heavy atom. The predicted molar refractivity (Wildman–Crippen MR) is 62.0 cm³/mol. The van der Waals surface area contributed by atoms with Gasteiger partial charge in [0.25, 0.3) is 0 Å². The molecule has 0 aliphatic heterocycles. The number of hydrogen-bond donors (Lipinski definition) is 2. The number of rotatable bonds is 5. The quantitative estimate of drug-likeness (QED) is 0.805. The Morgan fingerprint density at radius 1 is 1.28 bits per heavy atom. The molecule has 0 aromatic heterocycles. The molecule has 1 unspecified atom stereocenters. The minimum absolute atomic E-state index is 0.156. The van der Waals surface area contributed by atoms with Crippen LogP contribution in [-0.2, 0) is 10.0 Å². The highest BCUT2D eigenvalue weighted by Crippen LogP contribution is 2.21. The Kier molecular flexibility index (Phi) is 4.58. The van der Waals surface area contributed by atoms with Crippen LogP contribution in [0.2, 0.25) is 0 Å². The van der Waals surface area contributed by atoms with Gasteiger partial charge in [0.15, 0.2) is 17.5 Å². The fourth-order valence-electron chi connectivity index (χ4n) is 1.35. The third-order valence-corrected chi connectivity index (χ3v) is 4.35. The van der Waals surface area contributed by atoms with Crippen molar-refractivity contribution in [2.24, 2.45) is 5.73 Å². The van der Waals surface area contributed by atoms with E-state index in [1.165, 1.54) is 0 Å². The number of sulfonamides is 1. The molecule has 4 nitrogen and oxygen atoms in total. The monoisotopic (exact) mass is 282 g/mol. The first-order valence-electron chi connectivity index (χ1n) is 5.18. The van der Waals surface area contributed by atoms with Crippen molar-refractivity contribution in [3.63, 3.8) is 0 Å². The smallest absolute Gasteiger partial charge is 0.236 e. The average Bonchev–Trinajstić information content (AvgIpc) is 2.31. The first kappa shape index (κ1) is 14.8. The zero-order chi connectivity index (χ0) is 13.9. The van der Waals surface area contributed by atoms with E-state index >= 15 is 0 Å². The van der Waals surface area contributed by atoms with Crippen LogP contribution >= 0.6 is 0 Å². The summed E-state index contributed by atoms with van der Waals surface area (Å²) in [5, 5.41) is -0.926. The molecular weight excluding hydrogens is 269 g/mol. The molecule has 1 aromatic rings. The van der Waals surface area contributed by atoms with Crippen molar-refractivity contribution in [3.8, 4) is 0 Å². The minimum atomic E-state index is -3.93. The molecule has 3 N–H and O–H groups in total. The lowest BCUT2D eigenvalue weighted by atomic mass is 10.3. The number of nitrogens with one attached hydrogen (secondary N) is 1. The third kappa shape index (κ3) is 2.94. The Hall–Kier alpha value is -1.28. The van der Waals surface area contributed by atoms with Gasteiger partial charge in [0.2, 0.25) is 10.0 Å². The molecule has 18 heavy (non-hydrogen) atoms. The summed E-state index contributed by atoms with van der Waals surface area (Å²) >= 11 is 0. The summed E-state index contributed by atoms with van der Waals surface area (Å²) in [5.41, 5.74) is 4.63. The molecule has 0 radical (unpaired) electrons. The lowest BCUT2D eigenvalue weighted by molar-refractivity contribution is 0.449. The lowest BCUT2D eigenvalue weighted by Crippen LogP contribution is -2.34. The highest BCUT2D eigenvalue weighted by Gasteiger charge is 2.24. The van der Waals surface area contributed by atoms with Gasteiger partial charge in [-0.3, -0.25) is 4.72 Å². The molecule has 0 amide bonds. The summed E-state index contributed by atoms with van der Waals surface area (Å²) in [6, 6.07) is 1.45. The third-order valence-electron chi connectivity index (χ3n) is 2.44. The van der Waals surface area contributed by atoms with E-state index in [0.29, 0.717) is 6.07 Å². The molecule has 1 atom stereocenters. The van der Waals surface area contributed by atoms with E-state index in [9.17, 15) is 21.6 Å². The van der Waals surface area contributed by atoms with Crippen LogP contribution in [0.15, 0.2) is 12.1 Å². The van der Waals surface area contributed by atoms with Gasteiger partial charge in [-0.2, -0.15) is 0 Å². The summed E-state index contributed by atoms with van der Waals surface area (Å²) in [5.74, 6) is -4.69. The summed E-state index contributed by atoms with van der Waals surface area (Å²) in [6.45, 7) is 1.44. The molecule has 0 saturated carbocycles. The second kappa shape index (κ2) is 5.57. The molecule has 0 bridgehead atoms. The van der Waals surface area contributed by atoms with Crippen LogP contribution in [0.3, 0.4) is 0 Å². The lowest BCUT2D eigenvalue weighted by Gasteiger charge is -2.15. The first-order valence-corrected chi connectivity index (χ1v) is 6.73. The summed E-state index contributed by atoms with van der Waals surface area (Å²) in [4.78, 5) is 0. The van der Waals surface area contributed by atoms with E-state index in [2.05, 4.69) is 0 Å². The normalized spacial score (nSPS) is 13.4. The van der Waals surface area contributed by atoms with E-state index in [4.69, 9.17) is 5.73 Å². The highest BCUT2D eigenvalue weighted by molar-refractivity contribution is 7.93. The number of benzene rings is 1. The van der Waals surface area contributed by atoms with Crippen LogP contribution < -0.4 is 10.5 Å². The minimum Gasteiger partial charge on any atom is -0.329 e. The molecule has 0 spiro atoms. The van der Waals surface area contributed by atoms with Gasteiger partial charge in [-0.1, -0.05) is 6.92 Å². The number of nitrogens with two attached hydrogens (primary N) is 1. The van der Waals surface area contributed by atoms with Crippen LogP contribution in [0.25, 0.3) is 0 Å². The molecule has 0 aliphatic carbocycles. The van der Waals surface area contributed by atoms with Crippen molar-refractivity contribution in [1.29, 1.82) is 0 Å². The molecule has 1 rings (SSSR count). The molecular formula is C10H13F3N2O2S. The molecule has 0 fully saturated rings. The maximum atomic E-state index is 13.3. The van der Waals surface area contributed by atoms with Gasteiger partial charge in [0, 0.05) is 6.54 Å². The van der Waals surface area contributed by atoms with Crippen LogP contribution in [0, 0.1) is 17.5 Å². The molecule has 102 valence electrons. The van der Waals surface area contributed by atoms with E-state index in [1.54, 1.807) is 6.92 Å². The van der Waals surface area contributed by atoms with Gasteiger partial charge >= 0.3 is 0 Å². The number of halogens is 3. The van der Waals surface area contributed by atoms with Gasteiger partial charge in [-0.05, 0) is 18.6 Å². The van der Waals surface area contributed by atoms with Gasteiger partial charge in [-0.15, -0.1) is 0 Å². The van der Waals surface area contributed by atoms with Crippen LogP contribution in [-0.4, -0.2) is 20.2 Å². The van der Waals surface area contributed by atoms with Gasteiger partial charge in [-0.25, -0.2) is 21.6 Å². The number of hydrogen-bond acceptors (Lipinski definition) is 3. The standard InChI is InChI=1S/C10H13F3N2O2S/c1-2-6(5-14)18(16,17)15-8-4-3-7(11)9(12)10(8)13/h3-4,6,15H,2,5,14H2,1H3. The maximum absolute atomic E-state index is 13.3. The Labute approximate surface area is 103 Å². The fraction of sp³-hybridized carbons (Fsp3) is 0.400.